The lowest BCUT2D eigenvalue weighted by Crippen LogP contribution is -2.13. The van der Waals surface area contributed by atoms with Gasteiger partial charge in [0.25, 0.3) is 11.8 Å². The summed E-state index contributed by atoms with van der Waals surface area (Å²) < 4.78 is 0. The quantitative estimate of drug-likeness (QED) is 0.251. The second-order valence-electron chi connectivity index (χ2n) is 9.69. The van der Waals surface area contributed by atoms with Crippen LogP contribution >= 0.6 is 0 Å². The maximum Gasteiger partial charge on any atom is 0.255 e. The molecule has 196 valence electrons. The zero-order valence-electron chi connectivity index (χ0n) is 22.3. The third kappa shape index (κ3) is 5.75. The molecule has 1 heterocycles. The number of hydrogen-bond acceptors (Lipinski definition) is 5. The van der Waals surface area contributed by atoms with Gasteiger partial charge in [0, 0.05) is 67.6 Å². The van der Waals surface area contributed by atoms with Gasteiger partial charge >= 0.3 is 0 Å². The molecule has 8 nitrogen and oxygen atoms in total. The molecular formula is C31H30N6O2. The molecule has 3 N–H and O–H groups in total. The maximum absolute atomic E-state index is 12.7. The van der Waals surface area contributed by atoms with Gasteiger partial charge in [-0.3, -0.25) is 9.59 Å². The van der Waals surface area contributed by atoms with Gasteiger partial charge in [0.1, 0.15) is 5.82 Å². The van der Waals surface area contributed by atoms with Crippen LogP contribution in [0.25, 0.3) is 22.4 Å². The molecule has 4 aromatic carbocycles. The molecule has 39 heavy (non-hydrogen) atoms. The summed E-state index contributed by atoms with van der Waals surface area (Å²) in [6, 6.07) is 28.0. The molecule has 0 radical (unpaired) electrons. The fraction of sp³-hybridized carbons (Fsp3) is 0.129. The van der Waals surface area contributed by atoms with E-state index >= 15 is 0 Å². The Morgan fingerprint density at radius 2 is 1.13 bits per heavy atom. The monoisotopic (exact) mass is 518 g/mol. The van der Waals surface area contributed by atoms with Crippen LogP contribution < -0.4 is 20.4 Å². The number of nitrogens with zero attached hydrogens (tertiary/aromatic N) is 3. The van der Waals surface area contributed by atoms with Crippen molar-refractivity contribution < 1.29 is 9.59 Å². The summed E-state index contributed by atoms with van der Waals surface area (Å²) in [5.74, 6) is 0.321. The van der Waals surface area contributed by atoms with Crippen molar-refractivity contribution in [1.82, 2.24) is 9.97 Å². The Morgan fingerprint density at radius 3 is 1.69 bits per heavy atom. The van der Waals surface area contributed by atoms with E-state index in [1.54, 1.807) is 12.1 Å². The van der Waals surface area contributed by atoms with Crippen LogP contribution in [0.5, 0.6) is 0 Å². The molecule has 5 aromatic rings. The second kappa shape index (κ2) is 10.7. The van der Waals surface area contributed by atoms with E-state index in [4.69, 9.17) is 0 Å². The van der Waals surface area contributed by atoms with Crippen LogP contribution in [0.3, 0.4) is 0 Å². The first-order valence-corrected chi connectivity index (χ1v) is 12.5. The zero-order chi connectivity index (χ0) is 27.5. The number of aromatic amines is 1. The van der Waals surface area contributed by atoms with Crippen LogP contribution in [0.4, 0.5) is 22.7 Å². The summed E-state index contributed by atoms with van der Waals surface area (Å²) >= 11 is 0. The molecule has 0 saturated heterocycles. The lowest BCUT2D eigenvalue weighted by atomic mass is 10.1. The first-order chi connectivity index (χ1) is 18.8. The SMILES string of the molecule is CN(C)c1ccc(NC(=O)c2ccc(-c3nc4ccc(NC(=O)c5ccc(N(C)C)cc5)cc4[nH]3)cc2)cc1. The van der Waals surface area contributed by atoms with Crippen molar-refractivity contribution >= 4 is 45.6 Å². The molecule has 0 aliphatic heterocycles. The van der Waals surface area contributed by atoms with Gasteiger partial charge in [0.2, 0.25) is 0 Å². The molecule has 1 aromatic heterocycles. The Hall–Kier alpha value is -5.11. The fourth-order valence-electron chi connectivity index (χ4n) is 4.16. The summed E-state index contributed by atoms with van der Waals surface area (Å²) in [4.78, 5) is 37.4. The van der Waals surface area contributed by atoms with Crippen LogP contribution in [-0.2, 0) is 0 Å². The molecule has 0 aliphatic rings. The van der Waals surface area contributed by atoms with Gasteiger partial charge in [0.15, 0.2) is 0 Å². The van der Waals surface area contributed by atoms with Crippen molar-refractivity contribution in [3.8, 4) is 11.4 Å². The molecule has 8 heteroatoms. The molecule has 0 aliphatic carbocycles. The number of fused-ring (bicyclic) bond motifs is 1. The summed E-state index contributed by atoms with van der Waals surface area (Å²) in [7, 11) is 7.86. The number of imidazole rings is 1. The highest BCUT2D eigenvalue weighted by atomic mass is 16.2. The highest BCUT2D eigenvalue weighted by molar-refractivity contribution is 6.05. The number of rotatable bonds is 7. The molecule has 0 spiro atoms. The van der Waals surface area contributed by atoms with Crippen molar-refractivity contribution in [1.29, 1.82) is 0 Å². The topological polar surface area (TPSA) is 93.4 Å². The van der Waals surface area contributed by atoms with E-state index in [0.717, 1.165) is 33.7 Å². The summed E-state index contributed by atoms with van der Waals surface area (Å²) in [6.07, 6.45) is 0. The third-order valence-electron chi connectivity index (χ3n) is 6.45. The minimum absolute atomic E-state index is 0.179. The Balaban J connectivity index is 1.26. The van der Waals surface area contributed by atoms with Crippen LogP contribution in [-0.4, -0.2) is 50.0 Å². The predicted octanol–water partition coefficient (Wildman–Crippen LogP) is 5.87. The standard InChI is InChI=1S/C31H30N6O2/c1-36(2)25-14-9-22(10-15-25)31(39)33-24-13-18-27-28(19-24)35-29(34-27)20-5-7-21(8-6-20)30(38)32-23-11-16-26(17-12-23)37(3)4/h5-19H,1-4H3,(H,32,38)(H,33,39)(H,34,35). The number of H-pyrrole nitrogens is 1. The first kappa shape index (κ1) is 25.5. The smallest absolute Gasteiger partial charge is 0.255 e. The highest BCUT2D eigenvalue weighted by Gasteiger charge is 2.11. The number of amides is 2. The van der Waals surface area contributed by atoms with E-state index in [1.807, 2.05) is 117 Å². The van der Waals surface area contributed by atoms with Crippen LogP contribution in [0.1, 0.15) is 20.7 Å². The summed E-state index contributed by atoms with van der Waals surface area (Å²) in [5.41, 5.74) is 7.06. The van der Waals surface area contributed by atoms with Crippen LogP contribution in [0.15, 0.2) is 91.0 Å². The number of nitrogens with one attached hydrogen (secondary N) is 3. The van der Waals surface area contributed by atoms with Crippen molar-refractivity contribution in [3.63, 3.8) is 0 Å². The maximum atomic E-state index is 12.7. The lowest BCUT2D eigenvalue weighted by Gasteiger charge is -2.13. The number of hydrogen-bond donors (Lipinski definition) is 3. The van der Waals surface area contributed by atoms with E-state index < -0.39 is 0 Å². The Labute approximate surface area is 227 Å². The number of carbonyl (C=O) groups excluding carboxylic acids is 2. The summed E-state index contributed by atoms with van der Waals surface area (Å²) in [5, 5.41) is 5.88. The van der Waals surface area contributed by atoms with Gasteiger partial charge in [-0.2, -0.15) is 0 Å². The number of aromatic nitrogens is 2. The van der Waals surface area contributed by atoms with Crippen molar-refractivity contribution in [2.24, 2.45) is 0 Å². The van der Waals surface area contributed by atoms with E-state index in [-0.39, 0.29) is 11.8 Å². The van der Waals surface area contributed by atoms with E-state index in [9.17, 15) is 9.59 Å². The van der Waals surface area contributed by atoms with Crippen molar-refractivity contribution in [2.45, 2.75) is 0 Å². The normalized spacial score (nSPS) is 10.8. The minimum Gasteiger partial charge on any atom is -0.378 e. The van der Waals surface area contributed by atoms with Gasteiger partial charge < -0.3 is 25.4 Å². The average molecular weight is 519 g/mol. The van der Waals surface area contributed by atoms with Gasteiger partial charge in [-0.15, -0.1) is 0 Å². The predicted molar refractivity (Wildman–Crippen MR) is 159 cm³/mol. The van der Waals surface area contributed by atoms with E-state index in [2.05, 4.69) is 20.6 Å². The van der Waals surface area contributed by atoms with E-state index in [1.165, 1.54) is 0 Å². The molecular weight excluding hydrogens is 488 g/mol. The average Bonchev–Trinajstić information content (AvgIpc) is 3.37. The molecule has 2 amide bonds. The van der Waals surface area contributed by atoms with Gasteiger partial charge in [-0.1, -0.05) is 12.1 Å². The minimum atomic E-state index is -0.180. The molecule has 0 bridgehead atoms. The van der Waals surface area contributed by atoms with Gasteiger partial charge in [0.05, 0.1) is 11.0 Å². The zero-order valence-corrected chi connectivity index (χ0v) is 22.3. The van der Waals surface area contributed by atoms with Gasteiger partial charge in [-0.05, 0) is 78.9 Å². The Morgan fingerprint density at radius 1 is 0.641 bits per heavy atom. The Kier molecular flexibility index (Phi) is 7.01. The second-order valence-corrected chi connectivity index (χ2v) is 9.69. The van der Waals surface area contributed by atoms with Crippen molar-refractivity contribution in [3.05, 3.63) is 102 Å². The fourth-order valence-corrected chi connectivity index (χ4v) is 4.16. The van der Waals surface area contributed by atoms with Crippen LogP contribution in [0.2, 0.25) is 0 Å². The largest absolute Gasteiger partial charge is 0.378 e. The van der Waals surface area contributed by atoms with Crippen LogP contribution in [0, 0.1) is 0 Å². The number of benzene rings is 4. The molecule has 0 saturated carbocycles. The first-order valence-electron chi connectivity index (χ1n) is 12.5. The number of carbonyl (C=O) groups is 2. The van der Waals surface area contributed by atoms with Gasteiger partial charge in [-0.25, -0.2) is 4.98 Å². The lowest BCUT2D eigenvalue weighted by molar-refractivity contribution is 0.101. The molecule has 5 rings (SSSR count). The van der Waals surface area contributed by atoms with E-state index in [0.29, 0.717) is 22.6 Å². The molecule has 0 atom stereocenters. The Bertz CT molecular complexity index is 1620. The molecule has 0 unspecified atom stereocenters. The van der Waals surface area contributed by atoms with Crippen molar-refractivity contribution in [2.75, 3.05) is 48.6 Å². The third-order valence-corrected chi connectivity index (χ3v) is 6.45. The highest BCUT2D eigenvalue weighted by Crippen LogP contribution is 2.24. The molecule has 0 fully saturated rings. The summed E-state index contributed by atoms with van der Waals surface area (Å²) in [6.45, 7) is 0. The number of anilines is 4.